The zero-order valence-corrected chi connectivity index (χ0v) is 18.7. The van der Waals surface area contributed by atoms with E-state index in [0.717, 1.165) is 24.7 Å². The molecule has 6 nitrogen and oxygen atoms in total. The van der Waals surface area contributed by atoms with Crippen LogP contribution in [0.5, 0.6) is 0 Å². The van der Waals surface area contributed by atoms with Crippen LogP contribution in [-0.2, 0) is 17.9 Å². The van der Waals surface area contributed by atoms with Gasteiger partial charge in [-0.2, -0.15) is 0 Å². The number of piperidine rings is 1. The van der Waals surface area contributed by atoms with Crippen molar-refractivity contribution in [1.82, 2.24) is 14.8 Å². The van der Waals surface area contributed by atoms with Gasteiger partial charge in [0.05, 0.1) is 0 Å². The molecule has 0 aromatic carbocycles. The van der Waals surface area contributed by atoms with Crippen LogP contribution in [-0.4, -0.2) is 53.5 Å². The van der Waals surface area contributed by atoms with Crippen molar-refractivity contribution >= 4 is 5.91 Å². The van der Waals surface area contributed by atoms with E-state index in [9.17, 15) is 4.79 Å². The van der Waals surface area contributed by atoms with E-state index in [1.807, 2.05) is 29.3 Å². The van der Waals surface area contributed by atoms with Gasteiger partial charge in [-0.1, -0.05) is 25.3 Å². The maximum Gasteiger partial charge on any atom is 0.289 e. The average Bonchev–Trinajstić information content (AvgIpc) is 3.28. The van der Waals surface area contributed by atoms with E-state index in [2.05, 4.69) is 9.88 Å². The molecule has 168 valence electrons. The Hall–Kier alpha value is -2.18. The highest BCUT2D eigenvalue weighted by Crippen LogP contribution is 2.28. The number of hydrogen-bond donors (Lipinski definition) is 0. The van der Waals surface area contributed by atoms with Gasteiger partial charge in [0.2, 0.25) is 0 Å². The molecule has 1 atom stereocenters. The molecule has 0 N–H and O–H groups in total. The first kappa shape index (κ1) is 22.0. The standard InChI is InChI=1S/C25H35N3O3/c1-30-19-23-11-12-24(31-23)25(29)28(16-20-7-5-13-26-15-20)18-21-8-6-14-27(17-21)22-9-3-2-4-10-22/h5,7,11-13,15,21-22H,2-4,6,8-10,14,16-19H2,1H3. The SMILES string of the molecule is COCc1ccc(C(=O)N(Cc2cccnc2)CC2CCCN(C3CCCCC3)C2)o1. The van der Waals surface area contributed by atoms with Crippen LogP contribution in [0.15, 0.2) is 41.1 Å². The van der Waals surface area contributed by atoms with E-state index in [1.54, 1.807) is 19.4 Å². The van der Waals surface area contributed by atoms with Crippen molar-refractivity contribution in [2.45, 2.75) is 64.1 Å². The van der Waals surface area contributed by atoms with Gasteiger partial charge >= 0.3 is 0 Å². The fourth-order valence-electron chi connectivity index (χ4n) is 5.14. The third kappa shape index (κ3) is 5.95. The molecule has 1 saturated heterocycles. The number of carbonyl (C=O) groups excluding carboxylic acids is 1. The quantitative estimate of drug-likeness (QED) is 0.623. The maximum absolute atomic E-state index is 13.4. The molecule has 3 heterocycles. The number of likely N-dealkylation sites (tertiary alicyclic amines) is 1. The Labute approximate surface area is 185 Å². The highest BCUT2D eigenvalue weighted by atomic mass is 16.5. The molecule has 2 aromatic heterocycles. The number of pyridine rings is 1. The number of rotatable bonds is 8. The molecule has 4 rings (SSSR count). The van der Waals surface area contributed by atoms with E-state index in [0.29, 0.717) is 30.6 Å². The smallest absolute Gasteiger partial charge is 0.289 e. The highest BCUT2D eigenvalue weighted by molar-refractivity contribution is 5.91. The van der Waals surface area contributed by atoms with Gasteiger partial charge in [-0.3, -0.25) is 9.78 Å². The summed E-state index contributed by atoms with van der Waals surface area (Å²) < 4.78 is 10.9. The predicted molar refractivity (Wildman–Crippen MR) is 120 cm³/mol. The van der Waals surface area contributed by atoms with E-state index in [1.165, 1.54) is 51.5 Å². The summed E-state index contributed by atoms with van der Waals surface area (Å²) in [6.45, 7) is 3.96. The zero-order chi connectivity index (χ0) is 21.5. The Morgan fingerprint density at radius 2 is 2.06 bits per heavy atom. The molecule has 1 saturated carbocycles. The molecule has 6 heteroatoms. The Bertz CT molecular complexity index is 816. The number of nitrogens with zero attached hydrogens (tertiary/aromatic N) is 3. The Kier molecular flexibility index (Phi) is 7.76. The molecule has 0 spiro atoms. The van der Waals surface area contributed by atoms with Gasteiger partial charge in [0.15, 0.2) is 5.76 Å². The van der Waals surface area contributed by atoms with Crippen molar-refractivity contribution in [2.24, 2.45) is 5.92 Å². The lowest BCUT2D eigenvalue weighted by atomic mass is 9.90. The lowest BCUT2D eigenvalue weighted by Crippen LogP contribution is -2.47. The predicted octanol–water partition coefficient (Wildman–Crippen LogP) is 4.51. The number of carbonyl (C=O) groups is 1. The normalized spacial score (nSPS) is 20.6. The molecular weight excluding hydrogens is 390 g/mol. The van der Waals surface area contributed by atoms with Crippen LogP contribution < -0.4 is 0 Å². The van der Waals surface area contributed by atoms with Gasteiger partial charge in [-0.15, -0.1) is 0 Å². The van der Waals surface area contributed by atoms with Crippen LogP contribution in [0.4, 0.5) is 0 Å². The monoisotopic (exact) mass is 425 g/mol. The summed E-state index contributed by atoms with van der Waals surface area (Å²) in [5.74, 6) is 1.50. The average molecular weight is 426 g/mol. The molecule has 0 bridgehead atoms. The summed E-state index contributed by atoms with van der Waals surface area (Å²) in [4.78, 5) is 22.3. The second-order valence-corrected chi connectivity index (χ2v) is 9.04. The number of ether oxygens (including phenoxy) is 1. The van der Waals surface area contributed by atoms with Crippen molar-refractivity contribution in [2.75, 3.05) is 26.7 Å². The molecule has 2 fully saturated rings. The van der Waals surface area contributed by atoms with Crippen molar-refractivity contribution in [1.29, 1.82) is 0 Å². The molecule has 1 aliphatic carbocycles. The minimum Gasteiger partial charge on any atom is -0.453 e. The molecule has 1 amide bonds. The third-order valence-electron chi connectivity index (χ3n) is 6.66. The largest absolute Gasteiger partial charge is 0.453 e. The number of methoxy groups -OCH3 is 1. The first-order valence-corrected chi connectivity index (χ1v) is 11.7. The Morgan fingerprint density at radius 1 is 1.19 bits per heavy atom. The lowest BCUT2D eigenvalue weighted by molar-refractivity contribution is 0.0554. The lowest BCUT2D eigenvalue weighted by Gasteiger charge is -2.41. The van der Waals surface area contributed by atoms with Crippen molar-refractivity contribution in [3.63, 3.8) is 0 Å². The topological polar surface area (TPSA) is 58.8 Å². The first-order chi connectivity index (χ1) is 15.2. The van der Waals surface area contributed by atoms with Crippen LogP contribution in [0, 0.1) is 5.92 Å². The van der Waals surface area contributed by atoms with E-state index in [4.69, 9.17) is 9.15 Å². The number of hydrogen-bond acceptors (Lipinski definition) is 5. The van der Waals surface area contributed by atoms with Crippen LogP contribution in [0.2, 0.25) is 0 Å². The van der Waals surface area contributed by atoms with Gasteiger partial charge in [-0.25, -0.2) is 0 Å². The van der Waals surface area contributed by atoms with Gasteiger partial charge in [-0.05, 0) is 61.9 Å². The van der Waals surface area contributed by atoms with Gasteiger partial charge in [0.25, 0.3) is 5.91 Å². The minimum absolute atomic E-state index is 0.0546. The summed E-state index contributed by atoms with van der Waals surface area (Å²) in [6, 6.07) is 8.28. The highest BCUT2D eigenvalue weighted by Gasteiger charge is 2.30. The van der Waals surface area contributed by atoms with Gasteiger partial charge < -0.3 is 19.0 Å². The summed E-state index contributed by atoms with van der Waals surface area (Å²) in [7, 11) is 1.62. The number of furan rings is 1. The Balaban J connectivity index is 1.46. The second-order valence-electron chi connectivity index (χ2n) is 9.04. The number of aromatic nitrogens is 1. The molecule has 0 radical (unpaired) electrons. The van der Waals surface area contributed by atoms with E-state index < -0.39 is 0 Å². The summed E-state index contributed by atoms with van der Waals surface area (Å²) in [6.07, 6.45) is 12.8. The van der Waals surface area contributed by atoms with Crippen molar-refractivity contribution in [3.8, 4) is 0 Å². The Morgan fingerprint density at radius 3 is 2.84 bits per heavy atom. The van der Waals surface area contributed by atoms with Crippen LogP contribution in [0.1, 0.15) is 66.8 Å². The van der Waals surface area contributed by atoms with E-state index >= 15 is 0 Å². The minimum atomic E-state index is -0.0546. The molecule has 31 heavy (non-hydrogen) atoms. The zero-order valence-electron chi connectivity index (χ0n) is 18.7. The van der Waals surface area contributed by atoms with Gasteiger partial charge in [0.1, 0.15) is 12.4 Å². The van der Waals surface area contributed by atoms with Crippen LogP contribution >= 0.6 is 0 Å². The van der Waals surface area contributed by atoms with Crippen LogP contribution in [0.3, 0.4) is 0 Å². The summed E-state index contributed by atoms with van der Waals surface area (Å²) >= 11 is 0. The maximum atomic E-state index is 13.4. The first-order valence-electron chi connectivity index (χ1n) is 11.7. The molecule has 1 aliphatic heterocycles. The summed E-state index contributed by atoms with van der Waals surface area (Å²) in [5.41, 5.74) is 1.04. The molecule has 2 aliphatic rings. The van der Waals surface area contributed by atoms with Crippen molar-refractivity contribution < 1.29 is 13.9 Å². The molecule has 2 aromatic rings. The second kappa shape index (κ2) is 10.9. The fourth-order valence-corrected chi connectivity index (χ4v) is 5.14. The van der Waals surface area contributed by atoms with E-state index in [-0.39, 0.29) is 5.91 Å². The van der Waals surface area contributed by atoms with Gasteiger partial charge in [0, 0.05) is 45.2 Å². The third-order valence-corrected chi connectivity index (χ3v) is 6.66. The molecular formula is C25H35N3O3. The number of amides is 1. The molecule has 1 unspecified atom stereocenters. The van der Waals surface area contributed by atoms with Crippen molar-refractivity contribution in [3.05, 3.63) is 53.7 Å². The fraction of sp³-hybridized carbons (Fsp3) is 0.600. The van der Waals surface area contributed by atoms with Crippen LogP contribution in [0.25, 0.3) is 0 Å². The summed E-state index contributed by atoms with van der Waals surface area (Å²) in [5, 5.41) is 0.